The monoisotopic (exact) mass is 488 g/mol. The smallest absolute Gasteiger partial charge is 0.264 e. The molecule has 0 radical (unpaired) electrons. The number of ether oxygens (including phenoxy) is 1. The summed E-state index contributed by atoms with van der Waals surface area (Å²) in [5.41, 5.74) is 0.539. The Morgan fingerprint density at radius 3 is 2.30 bits per heavy atom. The highest BCUT2D eigenvalue weighted by atomic mass is 32.2. The molecule has 3 aromatic carbocycles. The summed E-state index contributed by atoms with van der Waals surface area (Å²) >= 11 is 1.48. The lowest BCUT2D eigenvalue weighted by molar-refractivity contribution is -0.114. The maximum atomic E-state index is 13.9. The van der Waals surface area contributed by atoms with Gasteiger partial charge in [0.15, 0.2) is 0 Å². The Morgan fingerprint density at radius 1 is 1.06 bits per heavy atom. The van der Waals surface area contributed by atoms with E-state index in [2.05, 4.69) is 5.32 Å². The van der Waals surface area contributed by atoms with Crippen molar-refractivity contribution >= 4 is 39.1 Å². The number of carbonyl (C=O) groups excluding carboxylic acids is 1. The number of halogens is 1. The van der Waals surface area contributed by atoms with Crippen LogP contribution in [0.15, 0.2) is 82.6 Å². The molecule has 1 amide bonds. The van der Waals surface area contributed by atoms with Gasteiger partial charge in [0.2, 0.25) is 5.91 Å². The van der Waals surface area contributed by atoms with Gasteiger partial charge in [-0.05, 0) is 86.8 Å². The van der Waals surface area contributed by atoms with E-state index < -0.39 is 28.3 Å². The van der Waals surface area contributed by atoms with E-state index in [1.165, 1.54) is 42.1 Å². The van der Waals surface area contributed by atoms with Gasteiger partial charge in [-0.15, -0.1) is 11.8 Å². The van der Waals surface area contributed by atoms with Gasteiger partial charge >= 0.3 is 0 Å². The second-order valence-corrected chi connectivity index (χ2v) is 10.1. The lowest BCUT2D eigenvalue weighted by Gasteiger charge is -2.24. The zero-order chi connectivity index (χ0) is 24.0. The van der Waals surface area contributed by atoms with Gasteiger partial charge in [-0.2, -0.15) is 0 Å². The third-order valence-electron chi connectivity index (χ3n) is 4.54. The largest absolute Gasteiger partial charge is 0.491 e. The van der Waals surface area contributed by atoms with E-state index in [1.807, 2.05) is 20.1 Å². The first-order valence-electron chi connectivity index (χ1n) is 10.2. The molecular weight excluding hydrogens is 463 g/mol. The molecule has 0 aromatic heterocycles. The van der Waals surface area contributed by atoms with Crippen molar-refractivity contribution in [3.8, 4) is 5.75 Å². The molecule has 0 fully saturated rings. The highest BCUT2D eigenvalue weighted by molar-refractivity contribution is 7.98. The second kappa shape index (κ2) is 10.7. The number of amides is 1. The fourth-order valence-electron chi connectivity index (χ4n) is 3.04. The molecule has 33 heavy (non-hydrogen) atoms. The van der Waals surface area contributed by atoms with E-state index in [0.717, 1.165) is 15.3 Å². The van der Waals surface area contributed by atoms with Gasteiger partial charge in [0, 0.05) is 10.6 Å². The SMILES string of the molecule is CSc1ccc(S(=O)(=O)N(CC(=O)Nc2ccc(OC(C)C)cc2)c2cccc(F)c2)cc1. The van der Waals surface area contributed by atoms with E-state index >= 15 is 0 Å². The van der Waals surface area contributed by atoms with Crippen LogP contribution >= 0.6 is 11.8 Å². The highest BCUT2D eigenvalue weighted by Crippen LogP contribution is 2.26. The van der Waals surface area contributed by atoms with Crippen LogP contribution in [0, 0.1) is 5.82 Å². The van der Waals surface area contributed by atoms with E-state index in [1.54, 1.807) is 36.4 Å². The molecule has 0 aliphatic carbocycles. The molecule has 0 aliphatic heterocycles. The number of rotatable bonds is 9. The molecule has 0 spiro atoms. The highest BCUT2D eigenvalue weighted by Gasteiger charge is 2.27. The van der Waals surface area contributed by atoms with Crippen LogP contribution < -0.4 is 14.4 Å². The summed E-state index contributed by atoms with van der Waals surface area (Å²) in [5, 5.41) is 2.68. The van der Waals surface area contributed by atoms with E-state index in [-0.39, 0.29) is 16.7 Å². The summed E-state index contributed by atoms with van der Waals surface area (Å²) in [6, 6.07) is 18.2. The van der Waals surface area contributed by atoms with E-state index in [4.69, 9.17) is 4.74 Å². The standard InChI is InChI=1S/C24H25FN2O4S2/c1-17(2)31-21-9-7-19(8-10-21)26-24(28)16-27(20-6-4-5-18(25)15-20)33(29,30)23-13-11-22(32-3)12-14-23/h4-15,17H,16H2,1-3H3,(H,26,28). The van der Waals surface area contributed by atoms with Crippen molar-refractivity contribution in [1.29, 1.82) is 0 Å². The predicted molar refractivity (Wildman–Crippen MR) is 130 cm³/mol. The minimum Gasteiger partial charge on any atom is -0.491 e. The van der Waals surface area contributed by atoms with Crippen molar-refractivity contribution in [2.75, 3.05) is 22.4 Å². The van der Waals surface area contributed by atoms with Crippen molar-refractivity contribution in [1.82, 2.24) is 0 Å². The quantitative estimate of drug-likeness (QED) is 0.421. The Hall–Kier alpha value is -3.04. The number of nitrogens with zero attached hydrogens (tertiary/aromatic N) is 1. The Bertz CT molecular complexity index is 1200. The molecule has 174 valence electrons. The third kappa shape index (κ3) is 6.49. The number of hydrogen-bond acceptors (Lipinski definition) is 5. The number of thioether (sulfide) groups is 1. The van der Waals surface area contributed by atoms with Gasteiger partial charge in [-0.25, -0.2) is 12.8 Å². The van der Waals surface area contributed by atoms with Crippen LogP contribution in [-0.2, 0) is 14.8 Å². The molecule has 0 unspecified atom stereocenters. The van der Waals surface area contributed by atoms with Gasteiger partial charge in [0.05, 0.1) is 16.7 Å². The lowest BCUT2D eigenvalue weighted by Crippen LogP contribution is -2.38. The molecule has 0 saturated carbocycles. The average molecular weight is 489 g/mol. The van der Waals surface area contributed by atoms with Crippen molar-refractivity contribution in [3.05, 3.63) is 78.6 Å². The van der Waals surface area contributed by atoms with Gasteiger partial charge in [-0.1, -0.05) is 6.07 Å². The summed E-state index contributed by atoms with van der Waals surface area (Å²) in [5.74, 6) is -0.520. The van der Waals surface area contributed by atoms with Crippen LogP contribution in [0.3, 0.4) is 0 Å². The van der Waals surface area contributed by atoms with Crippen molar-refractivity contribution in [2.24, 2.45) is 0 Å². The van der Waals surface area contributed by atoms with Crippen LogP contribution in [0.2, 0.25) is 0 Å². The second-order valence-electron chi connectivity index (χ2n) is 7.41. The molecule has 1 N–H and O–H groups in total. The maximum absolute atomic E-state index is 13.9. The molecule has 6 nitrogen and oxygen atoms in total. The molecule has 0 aliphatic rings. The minimum atomic E-state index is -4.13. The number of anilines is 2. The minimum absolute atomic E-state index is 0.00699. The number of benzene rings is 3. The normalized spacial score (nSPS) is 11.3. The fraction of sp³-hybridized carbons (Fsp3) is 0.208. The third-order valence-corrected chi connectivity index (χ3v) is 7.07. The topological polar surface area (TPSA) is 75.7 Å². The Kier molecular flexibility index (Phi) is 7.99. The van der Waals surface area contributed by atoms with Crippen molar-refractivity contribution < 1.29 is 22.3 Å². The molecule has 3 rings (SSSR count). The van der Waals surface area contributed by atoms with E-state index in [0.29, 0.717) is 11.4 Å². The van der Waals surface area contributed by atoms with Gasteiger partial charge < -0.3 is 10.1 Å². The van der Waals surface area contributed by atoms with Crippen LogP contribution in [-0.4, -0.2) is 33.2 Å². The Morgan fingerprint density at radius 2 is 1.73 bits per heavy atom. The van der Waals surface area contributed by atoms with Crippen LogP contribution in [0.4, 0.5) is 15.8 Å². The first kappa shape index (κ1) is 24.6. The number of hydrogen-bond donors (Lipinski definition) is 1. The van der Waals surface area contributed by atoms with Crippen LogP contribution in [0.25, 0.3) is 0 Å². The molecular formula is C24H25FN2O4S2. The fourth-order valence-corrected chi connectivity index (χ4v) is 4.86. The van der Waals surface area contributed by atoms with Crippen LogP contribution in [0.1, 0.15) is 13.8 Å². The molecule has 0 heterocycles. The molecule has 0 saturated heterocycles. The summed E-state index contributed by atoms with van der Waals surface area (Å²) in [6.07, 6.45) is 1.90. The predicted octanol–water partition coefficient (Wildman–Crippen LogP) is 5.17. The molecule has 9 heteroatoms. The lowest BCUT2D eigenvalue weighted by atomic mass is 10.3. The van der Waals surface area contributed by atoms with Gasteiger partial charge in [-0.3, -0.25) is 9.10 Å². The Labute approximate surface area is 197 Å². The maximum Gasteiger partial charge on any atom is 0.264 e. The zero-order valence-electron chi connectivity index (χ0n) is 18.5. The average Bonchev–Trinajstić information content (AvgIpc) is 2.78. The summed E-state index contributed by atoms with van der Waals surface area (Å²) in [4.78, 5) is 13.7. The number of nitrogens with one attached hydrogen (secondary N) is 1. The van der Waals surface area contributed by atoms with Crippen LogP contribution in [0.5, 0.6) is 5.75 Å². The molecule has 0 bridgehead atoms. The number of sulfonamides is 1. The molecule has 3 aromatic rings. The zero-order valence-corrected chi connectivity index (χ0v) is 20.1. The first-order chi connectivity index (χ1) is 15.7. The van der Waals surface area contributed by atoms with Gasteiger partial charge in [0.1, 0.15) is 18.1 Å². The molecule has 0 atom stereocenters. The van der Waals surface area contributed by atoms with Gasteiger partial charge in [0.25, 0.3) is 10.0 Å². The van der Waals surface area contributed by atoms with Crippen molar-refractivity contribution in [3.63, 3.8) is 0 Å². The Balaban J connectivity index is 1.86. The first-order valence-corrected chi connectivity index (χ1v) is 12.8. The summed E-state index contributed by atoms with van der Waals surface area (Å²) in [7, 11) is -4.13. The summed E-state index contributed by atoms with van der Waals surface area (Å²) in [6.45, 7) is 3.29. The van der Waals surface area contributed by atoms with E-state index in [9.17, 15) is 17.6 Å². The number of carbonyl (C=O) groups is 1. The van der Waals surface area contributed by atoms with Crippen molar-refractivity contribution in [2.45, 2.75) is 29.7 Å². The summed E-state index contributed by atoms with van der Waals surface area (Å²) < 4.78 is 47.1.